The van der Waals surface area contributed by atoms with Crippen LogP contribution in [0.4, 0.5) is 11.4 Å². The first-order valence-electron chi connectivity index (χ1n) is 23.9. The highest BCUT2D eigenvalue weighted by Gasteiger charge is 2.78. The van der Waals surface area contributed by atoms with Crippen LogP contribution in [0.15, 0.2) is 85.3 Å². The molecule has 11 rings (SSSR count). The number of rotatable bonds is 13. The van der Waals surface area contributed by atoms with Gasteiger partial charge in [-0.25, -0.2) is 9.97 Å². The summed E-state index contributed by atoms with van der Waals surface area (Å²) in [7, 11) is 1.90. The second-order valence-corrected chi connectivity index (χ2v) is 19.7. The van der Waals surface area contributed by atoms with Gasteiger partial charge in [-0.15, -0.1) is 10.2 Å². The fourth-order valence-electron chi connectivity index (χ4n) is 11.3. The van der Waals surface area contributed by atoms with Gasteiger partial charge in [0.15, 0.2) is 17.4 Å². The summed E-state index contributed by atoms with van der Waals surface area (Å²) in [6, 6.07) is 23.0. The second kappa shape index (κ2) is 17.3. The van der Waals surface area contributed by atoms with Crippen LogP contribution in [0.25, 0.3) is 11.5 Å². The topological polar surface area (TPSA) is 201 Å². The predicted octanol–water partition coefficient (Wildman–Crippen LogP) is 3.96. The van der Waals surface area contributed by atoms with Gasteiger partial charge in [0.1, 0.15) is 18.1 Å². The van der Waals surface area contributed by atoms with Crippen molar-refractivity contribution >= 4 is 40.8 Å². The Kier molecular flexibility index (Phi) is 11.1. The van der Waals surface area contributed by atoms with Gasteiger partial charge in [0, 0.05) is 124 Å². The van der Waals surface area contributed by atoms with Crippen LogP contribution in [-0.2, 0) is 35.1 Å². The van der Waals surface area contributed by atoms with Crippen LogP contribution >= 0.6 is 0 Å². The summed E-state index contributed by atoms with van der Waals surface area (Å²) >= 11 is 0. The molecule has 4 atom stereocenters. The lowest BCUT2D eigenvalue weighted by atomic mass is 9.91. The number of nitrogens with zero attached hydrogens (tertiary/aromatic N) is 9. The Morgan fingerprint density at radius 2 is 1.69 bits per heavy atom. The number of piperidine rings is 2. The second-order valence-electron chi connectivity index (χ2n) is 19.7. The fraction of sp³-hybridized carbons (Fsp3) is 0.431. The number of hydrogen-bond acceptors (Lipinski definition) is 13. The summed E-state index contributed by atoms with van der Waals surface area (Å²) in [4.78, 5) is 81.7. The Labute approximate surface area is 394 Å². The van der Waals surface area contributed by atoms with Crippen LogP contribution in [0.5, 0.6) is 0 Å². The number of imide groups is 1. The van der Waals surface area contributed by atoms with E-state index in [1.807, 2.05) is 65.0 Å². The van der Waals surface area contributed by atoms with Crippen LogP contribution < -0.4 is 20.9 Å². The number of hydrogen-bond donors (Lipinski definition) is 3. The summed E-state index contributed by atoms with van der Waals surface area (Å²) in [6.07, 6.45) is 7.03. The van der Waals surface area contributed by atoms with Gasteiger partial charge in [-0.2, -0.15) is 0 Å². The molecule has 0 bridgehead atoms. The van der Waals surface area contributed by atoms with Crippen molar-refractivity contribution in [1.29, 1.82) is 0 Å². The summed E-state index contributed by atoms with van der Waals surface area (Å²) in [5, 5.41) is 18.1. The van der Waals surface area contributed by atoms with Crippen molar-refractivity contribution in [1.82, 2.24) is 50.1 Å². The molecule has 68 heavy (non-hydrogen) atoms. The lowest BCUT2D eigenvalue weighted by Crippen LogP contribution is -2.52. The molecule has 2 aromatic heterocycles. The number of carbonyl (C=O) groups is 5. The lowest BCUT2D eigenvalue weighted by Gasteiger charge is -2.39. The van der Waals surface area contributed by atoms with Crippen LogP contribution in [-0.4, -0.2) is 132 Å². The fourth-order valence-corrected chi connectivity index (χ4v) is 11.3. The quantitative estimate of drug-likeness (QED) is 0.0872. The van der Waals surface area contributed by atoms with Gasteiger partial charge >= 0.3 is 0 Å². The first-order valence-corrected chi connectivity index (χ1v) is 23.9. The van der Waals surface area contributed by atoms with Crippen molar-refractivity contribution in [3.05, 3.63) is 119 Å². The number of piperazine rings is 1. The van der Waals surface area contributed by atoms with Crippen LogP contribution in [0, 0.1) is 5.92 Å². The first-order chi connectivity index (χ1) is 33.0. The van der Waals surface area contributed by atoms with Gasteiger partial charge < -0.3 is 29.9 Å². The van der Waals surface area contributed by atoms with Crippen LogP contribution in [0.1, 0.15) is 93.5 Å². The zero-order valence-corrected chi connectivity index (χ0v) is 38.5. The minimum atomic E-state index is -0.615. The Morgan fingerprint density at radius 3 is 2.49 bits per heavy atom. The highest BCUT2D eigenvalue weighted by molar-refractivity contribution is 6.05. The summed E-state index contributed by atoms with van der Waals surface area (Å²) < 4.78 is 1.89. The molecule has 5 aromatic rings. The Balaban J connectivity index is 0.632. The molecule has 1 aliphatic carbocycles. The van der Waals surface area contributed by atoms with Gasteiger partial charge in [-0.1, -0.05) is 31.2 Å². The predicted molar refractivity (Wildman–Crippen MR) is 253 cm³/mol. The normalized spacial score (nSPS) is 24.9. The van der Waals surface area contributed by atoms with E-state index in [2.05, 4.69) is 71.0 Å². The molecule has 17 heteroatoms. The van der Waals surface area contributed by atoms with Gasteiger partial charge in [0.05, 0.1) is 6.54 Å². The van der Waals surface area contributed by atoms with Gasteiger partial charge in [0.25, 0.3) is 11.8 Å². The van der Waals surface area contributed by atoms with Crippen molar-refractivity contribution in [2.75, 3.05) is 56.0 Å². The number of ketones is 1. The van der Waals surface area contributed by atoms with E-state index in [9.17, 15) is 24.0 Å². The minimum Gasteiger partial charge on any atom is -0.378 e. The first kappa shape index (κ1) is 43.7. The van der Waals surface area contributed by atoms with Crippen molar-refractivity contribution in [2.24, 2.45) is 13.0 Å². The van der Waals surface area contributed by atoms with E-state index in [0.29, 0.717) is 54.5 Å². The summed E-state index contributed by atoms with van der Waals surface area (Å²) in [6.45, 7) is 9.21. The molecule has 17 nitrogen and oxygen atoms in total. The van der Waals surface area contributed by atoms with Crippen LogP contribution in [0.3, 0.4) is 0 Å². The van der Waals surface area contributed by atoms with E-state index in [-0.39, 0.29) is 46.9 Å². The molecular weight excluding hydrogens is 861 g/mol. The molecule has 4 amide bonds. The summed E-state index contributed by atoms with van der Waals surface area (Å²) in [5.74, 6) is 1.27. The van der Waals surface area contributed by atoms with Gasteiger partial charge in [-0.3, -0.25) is 34.2 Å². The van der Waals surface area contributed by atoms with Crippen molar-refractivity contribution in [3.8, 4) is 11.5 Å². The van der Waals surface area contributed by atoms with E-state index in [4.69, 9.17) is 0 Å². The minimum absolute atomic E-state index is 0.0720. The molecule has 4 saturated heterocycles. The van der Waals surface area contributed by atoms with Crippen molar-refractivity contribution in [3.63, 3.8) is 0 Å². The lowest BCUT2D eigenvalue weighted by molar-refractivity contribution is -0.136. The maximum atomic E-state index is 13.9. The number of nitrogens with one attached hydrogen (secondary N) is 3. The largest absolute Gasteiger partial charge is 0.378 e. The molecule has 4 unspecified atom stereocenters. The number of fused-ring (bicyclic) bond motifs is 1. The third-order valence-electron chi connectivity index (χ3n) is 15.6. The van der Waals surface area contributed by atoms with Crippen molar-refractivity contribution in [2.45, 2.75) is 81.6 Å². The number of Topliss-reactive ketones (excluding diaryl/α,β-unsaturated/α-hetero) is 1. The molecule has 350 valence electrons. The van der Waals surface area contributed by atoms with E-state index < -0.39 is 11.9 Å². The highest BCUT2D eigenvalue weighted by Crippen LogP contribution is 2.67. The SMILES string of the molecule is Cn1c(CNc2cccc(C(=O)CC3NC34CC4(C)c3cccc(C(=O)N4CCC(CN5CCN(c6ccc7c(c6)CN(C6CCC(=O)NC6=O)C7=O)CC5)CC4)c3)c2)nnc1-c1ccncn1. The molecule has 7 heterocycles. The molecule has 6 aliphatic rings. The molecule has 3 N–H and O–H groups in total. The Hall–Kier alpha value is -6.85. The van der Waals surface area contributed by atoms with E-state index >= 15 is 0 Å². The number of carbonyl (C=O) groups excluding carboxylic acids is 5. The third kappa shape index (κ3) is 8.10. The molecule has 3 aromatic carbocycles. The molecular formula is C51H56N12O5. The Bertz CT molecular complexity index is 2820. The van der Waals surface area contributed by atoms with E-state index in [1.165, 1.54) is 6.33 Å². The smallest absolute Gasteiger partial charge is 0.255 e. The maximum Gasteiger partial charge on any atom is 0.255 e. The zero-order chi connectivity index (χ0) is 46.7. The number of likely N-dealkylation sites (tertiary alicyclic amines) is 1. The van der Waals surface area contributed by atoms with Crippen molar-refractivity contribution < 1.29 is 24.0 Å². The van der Waals surface area contributed by atoms with E-state index in [0.717, 1.165) is 99.0 Å². The Morgan fingerprint density at radius 1 is 0.882 bits per heavy atom. The number of amides is 4. The van der Waals surface area contributed by atoms with Gasteiger partial charge in [-0.05, 0) is 91.3 Å². The standard InChI is InChI=1S/C51H56N12O5/c1-50(30-51(50)43(56-51)26-42(64)33-5-4-8-37(24-33)53-27-44-57-58-46(59(44)2)40-13-16-52-31-54-40)36-7-3-6-34(23-36)48(67)62-17-14-32(15-18-62)28-60-19-21-61(22-20-60)38-9-10-39-35(25-38)29-63(49(39)68)41-11-12-45(65)55-47(41)66/h3-10,13,16,23-25,31-32,41,43,53,56H,11-12,14-15,17-22,26-30H2,1-2H3,(H,55,65,66). The third-order valence-corrected chi connectivity index (χ3v) is 15.6. The van der Waals surface area contributed by atoms with Crippen LogP contribution in [0.2, 0.25) is 0 Å². The monoisotopic (exact) mass is 916 g/mol. The number of anilines is 2. The number of aromatic nitrogens is 5. The molecule has 1 spiro atoms. The molecule has 0 radical (unpaired) electrons. The molecule has 1 saturated carbocycles. The van der Waals surface area contributed by atoms with E-state index in [1.54, 1.807) is 17.2 Å². The molecule has 5 aliphatic heterocycles. The zero-order valence-electron chi connectivity index (χ0n) is 38.5. The average Bonchev–Trinajstić information content (AvgIpc) is 4.10. The highest BCUT2D eigenvalue weighted by atomic mass is 16.2. The maximum absolute atomic E-state index is 13.9. The number of benzene rings is 3. The average molecular weight is 917 g/mol. The summed E-state index contributed by atoms with van der Waals surface area (Å²) in [5.41, 5.74) is 6.40. The molecule has 5 fully saturated rings. The van der Waals surface area contributed by atoms with Gasteiger partial charge in [0.2, 0.25) is 11.8 Å².